The summed E-state index contributed by atoms with van der Waals surface area (Å²) >= 11 is 1.94. The Kier molecular flexibility index (Phi) is 6.03. The average Bonchev–Trinajstić information content (AvgIpc) is 3.26. The third-order valence-corrected chi connectivity index (χ3v) is 7.00. The van der Waals surface area contributed by atoms with Gasteiger partial charge in [0.2, 0.25) is 0 Å². The summed E-state index contributed by atoms with van der Waals surface area (Å²) in [6.45, 7) is 6.10. The molecule has 1 aliphatic heterocycles. The largest absolute Gasteiger partial charge is 0.456 e. The van der Waals surface area contributed by atoms with E-state index in [2.05, 4.69) is 45.5 Å². The first-order chi connectivity index (χ1) is 16.6. The van der Waals surface area contributed by atoms with Gasteiger partial charge in [-0.3, -0.25) is 0 Å². The molecular weight excluding hydrogens is 444 g/mol. The summed E-state index contributed by atoms with van der Waals surface area (Å²) in [7, 11) is 0. The van der Waals surface area contributed by atoms with Gasteiger partial charge >= 0.3 is 0 Å². The van der Waals surface area contributed by atoms with Gasteiger partial charge in [-0.25, -0.2) is 9.97 Å². The zero-order chi connectivity index (χ0) is 23.7. The minimum atomic E-state index is 0.239. The quantitative estimate of drug-likeness (QED) is 0.413. The Morgan fingerprint density at radius 2 is 1.85 bits per heavy atom. The van der Waals surface area contributed by atoms with Crippen molar-refractivity contribution in [2.45, 2.75) is 19.9 Å². The van der Waals surface area contributed by atoms with Crippen LogP contribution in [0.25, 0.3) is 22.2 Å². The molecule has 1 fully saturated rings. The molecule has 1 aliphatic rings. The fourth-order valence-corrected chi connectivity index (χ4v) is 5.24. The molecule has 7 nitrogen and oxygen atoms in total. The lowest BCUT2D eigenvalue weighted by atomic mass is 10.1. The Morgan fingerprint density at radius 1 is 1.09 bits per heavy atom. The lowest BCUT2D eigenvalue weighted by molar-refractivity contribution is 0.481. The summed E-state index contributed by atoms with van der Waals surface area (Å²) in [5.74, 6) is 3.84. The maximum Gasteiger partial charge on any atom is 0.147 e. The minimum Gasteiger partial charge on any atom is -0.456 e. The van der Waals surface area contributed by atoms with Crippen molar-refractivity contribution in [1.82, 2.24) is 14.5 Å². The third kappa shape index (κ3) is 4.03. The number of nitriles is 1. The van der Waals surface area contributed by atoms with Gasteiger partial charge in [-0.15, -0.1) is 0 Å². The Balaban J connectivity index is 1.46. The van der Waals surface area contributed by atoms with Gasteiger partial charge in [0.1, 0.15) is 40.9 Å². The van der Waals surface area contributed by atoms with Crippen molar-refractivity contribution in [3.05, 3.63) is 60.6 Å². The van der Waals surface area contributed by atoms with Crippen molar-refractivity contribution in [2.75, 3.05) is 35.2 Å². The van der Waals surface area contributed by atoms with Gasteiger partial charge in [-0.1, -0.05) is 18.2 Å². The Hall–Kier alpha value is -3.70. The van der Waals surface area contributed by atoms with Crippen molar-refractivity contribution >= 4 is 34.3 Å². The molecule has 34 heavy (non-hydrogen) atoms. The lowest BCUT2D eigenvalue weighted by Gasteiger charge is -2.29. The molecular formula is C26H26N6OS. The van der Waals surface area contributed by atoms with Gasteiger partial charge in [0.15, 0.2) is 0 Å². The van der Waals surface area contributed by atoms with E-state index in [1.165, 1.54) is 6.33 Å². The molecule has 0 spiro atoms. The van der Waals surface area contributed by atoms with Crippen LogP contribution in [0.15, 0.2) is 55.0 Å². The maximum absolute atomic E-state index is 9.89. The number of rotatable bonds is 5. The molecule has 0 unspecified atom stereocenters. The molecule has 0 atom stereocenters. The highest BCUT2D eigenvalue weighted by Crippen LogP contribution is 2.37. The molecule has 0 radical (unpaired) electrons. The van der Waals surface area contributed by atoms with Crippen LogP contribution in [0.5, 0.6) is 11.5 Å². The van der Waals surface area contributed by atoms with Crippen LogP contribution >= 0.6 is 11.8 Å². The van der Waals surface area contributed by atoms with E-state index in [1.807, 2.05) is 54.2 Å². The molecule has 0 bridgehead atoms. The van der Waals surface area contributed by atoms with Crippen LogP contribution in [0.1, 0.15) is 25.5 Å². The number of anilines is 2. The number of thioether (sulfide) groups is 1. The highest BCUT2D eigenvalue weighted by molar-refractivity contribution is 7.99. The number of nitrogens with zero attached hydrogens (tertiary/aromatic N) is 5. The average molecular weight is 471 g/mol. The number of fused-ring (bicyclic) bond motifs is 1. The van der Waals surface area contributed by atoms with E-state index in [9.17, 15) is 5.26 Å². The van der Waals surface area contributed by atoms with Crippen LogP contribution < -0.4 is 15.4 Å². The summed E-state index contributed by atoms with van der Waals surface area (Å²) in [5.41, 5.74) is 10.5. The molecule has 0 amide bonds. The van der Waals surface area contributed by atoms with E-state index < -0.39 is 0 Å². The summed E-state index contributed by atoms with van der Waals surface area (Å²) in [4.78, 5) is 10.9. The second kappa shape index (κ2) is 9.27. The topological polar surface area (TPSA) is 93.0 Å². The number of nitrogens with two attached hydrogens (primary N) is 1. The molecule has 2 N–H and O–H groups in total. The van der Waals surface area contributed by atoms with Gasteiger partial charge in [0.05, 0.1) is 11.1 Å². The summed E-state index contributed by atoms with van der Waals surface area (Å²) in [6.07, 6.45) is 3.57. The third-order valence-electron chi connectivity index (χ3n) is 6.06. The van der Waals surface area contributed by atoms with Gasteiger partial charge < -0.3 is 19.9 Å². The predicted octanol–water partition coefficient (Wildman–Crippen LogP) is 5.48. The monoisotopic (exact) mass is 470 g/mol. The van der Waals surface area contributed by atoms with E-state index >= 15 is 0 Å². The first kappa shape index (κ1) is 22.1. The van der Waals surface area contributed by atoms with Crippen molar-refractivity contribution in [1.29, 1.82) is 5.26 Å². The van der Waals surface area contributed by atoms with Gasteiger partial charge in [0, 0.05) is 42.4 Å². The second-order valence-electron chi connectivity index (χ2n) is 8.49. The molecule has 172 valence electrons. The van der Waals surface area contributed by atoms with E-state index in [-0.39, 0.29) is 6.04 Å². The van der Waals surface area contributed by atoms with Crippen molar-refractivity contribution < 1.29 is 4.74 Å². The SMILES string of the molecule is CC(C)n1cc(-c2ccc(Oc3cccc(N4CCSCC4)c3C#N)cc2)c2c(N)ncnc21. The van der Waals surface area contributed by atoms with E-state index in [0.717, 1.165) is 52.4 Å². The number of nitrogen functional groups attached to an aromatic ring is 1. The lowest BCUT2D eigenvalue weighted by Crippen LogP contribution is -2.33. The van der Waals surface area contributed by atoms with Crippen LogP contribution in [0.4, 0.5) is 11.5 Å². The number of hydrogen-bond donors (Lipinski definition) is 1. The van der Waals surface area contributed by atoms with E-state index in [4.69, 9.17) is 10.5 Å². The smallest absolute Gasteiger partial charge is 0.147 e. The molecule has 5 rings (SSSR count). The highest BCUT2D eigenvalue weighted by Gasteiger charge is 2.19. The zero-order valence-electron chi connectivity index (χ0n) is 19.2. The fourth-order valence-electron chi connectivity index (χ4n) is 4.34. The molecule has 0 saturated carbocycles. The molecule has 4 aromatic rings. The maximum atomic E-state index is 9.89. The molecule has 3 heterocycles. The van der Waals surface area contributed by atoms with Crippen LogP contribution in [0.3, 0.4) is 0 Å². The van der Waals surface area contributed by atoms with Crippen molar-refractivity contribution in [3.63, 3.8) is 0 Å². The van der Waals surface area contributed by atoms with E-state index in [1.54, 1.807) is 0 Å². The Bertz CT molecular complexity index is 1370. The standard InChI is InChI=1S/C26H26N6OS/c1-17(2)32-15-21(24-25(28)29-16-30-26(24)32)18-6-8-19(9-7-18)33-23-5-3-4-22(20(23)14-27)31-10-12-34-13-11-31/h3-9,15-17H,10-13H2,1-2H3,(H2,28,29,30). The first-order valence-electron chi connectivity index (χ1n) is 11.3. The van der Waals surface area contributed by atoms with Crippen molar-refractivity contribution in [2.24, 2.45) is 0 Å². The van der Waals surface area contributed by atoms with Crippen LogP contribution in [-0.2, 0) is 0 Å². The molecule has 2 aromatic heterocycles. The summed E-state index contributed by atoms with van der Waals surface area (Å²) < 4.78 is 8.28. The zero-order valence-corrected chi connectivity index (χ0v) is 20.0. The Labute approximate surface area is 203 Å². The Morgan fingerprint density at radius 3 is 2.56 bits per heavy atom. The summed E-state index contributed by atoms with van der Waals surface area (Å²) in [6, 6.07) is 16.2. The number of benzene rings is 2. The van der Waals surface area contributed by atoms with E-state index in [0.29, 0.717) is 22.9 Å². The van der Waals surface area contributed by atoms with Crippen LogP contribution in [0, 0.1) is 11.3 Å². The summed E-state index contributed by atoms with van der Waals surface area (Å²) in [5, 5.41) is 10.7. The van der Waals surface area contributed by atoms with Crippen LogP contribution in [0.2, 0.25) is 0 Å². The molecule has 2 aromatic carbocycles. The normalized spacial score (nSPS) is 13.9. The molecule has 1 saturated heterocycles. The number of aromatic nitrogens is 3. The molecule has 0 aliphatic carbocycles. The minimum absolute atomic E-state index is 0.239. The fraction of sp³-hybridized carbons (Fsp3) is 0.269. The predicted molar refractivity (Wildman–Crippen MR) is 139 cm³/mol. The number of ether oxygens (including phenoxy) is 1. The van der Waals surface area contributed by atoms with Crippen LogP contribution in [-0.4, -0.2) is 39.1 Å². The number of hydrogen-bond acceptors (Lipinski definition) is 7. The first-order valence-corrected chi connectivity index (χ1v) is 12.5. The second-order valence-corrected chi connectivity index (χ2v) is 9.71. The van der Waals surface area contributed by atoms with Gasteiger partial charge in [-0.05, 0) is 43.7 Å². The van der Waals surface area contributed by atoms with Gasteiger partial charge in [0.25, 0.3) is 0 Å². The van der Waals surface area contributed by atoms with Crippen molar-refractivity contribution in [3.8, 4) is 28.7 Å². The van der Waals surface area contributed by atoms with Gasteiger partial charge in [-0.2, -0.15) is 17.0 Å². The highest BCUT2D eigenvalue weighted by atomic mass is 32.2. The molecule has 8 heteroatoms.